The van der Waals surface area contributed by atoms with Crippen LogP contribution in [0.15, 0.2) is 35.3 Å². The molecule has 0 atom stereocenters. The van der Waals surface area contributed by atoms with E-state index in [2.05, 4.69) is 65.9 Å². The van der Waals surface area contributed by atoms with Gasteiger partial charge in [0.25, 0.3) is 0 Å². The summed E-state index contributed by atoms with van der Waals surface area (Å²) in [6.07, 6.45) is 0. The molecule has 82 valence electrons. The Hall–Kier alpha value is -0.600. The largest absolute Gasteiger partial charge is 0.308 e. The first-order valence-corrected chi connectivity index (χ1v) is 6.01. The molecule has 1 N–H and O–H groups in total. The summed E-state index contributed by atoms with van der Waals surface area (Å²) in [6, 6.07) is 8.76. The molecule has 0 unspecified atom stereocenters. The van der Waals surface area contributed by atoms with Crippen LogP contribution < -0.4 is 5.32 Å². The lowest BCUT2D eigenvalue weighted by atomic mass is 10.0. The van der Waals surface area contributed by atoms with E-state index < -0.39 is 0 Å². The predicted molar refractivity (Wildman–Crippen MR) is 70.3 cm³/mol. The molecule has 0 heterocycles. The van der Waals surface area contributed by atoms with Crippen molar-refractivity contribution in [3.63, 3.8) is 0 Å². The lowest BCUT2D eigenvalue weighted by molar-refractivity contribution is 0.755. The van der Waals surface area contributed by atoms with Gasteiger partial charge in [-0.3, -0.25) is 0 Å². The zero-order valence-electron chi connectivity index (χ0n) is 9.39. The van der Waals surface area contributed by atoms with Gasteiger partial charge < -0.3 is 5.32 Å². The second kappa shape index (κ2) is 6.09. The van der Waals surface area contributed by atoms with Crippen LogP contribution in [0, 0.1) is 0 Å². The molecule has 1 rings (SSSR count). The Bertz CT molecular complexity index is 314. The van der Waals surface area contributed by atoms with E-state index in [1.54, 1.807) is 0 Å². The summed E-state index contributed by atoms with van der Waals surface area (Å²) >= 11 is 3.32. The zero-order valence-corrected chi connectivity index (χ0v) is 11.0. The van der Waals surface area contributed by atoms with Crippen LogP contribution in [0.1, 0.15) is 30.9 Å². The molecule has 0 aliphatic carbocycles. The molecule has 0 spiro atoms. The Balaban J connectivity index is 2.46. The van der Waals surface area contributed by atoms with Crippen molar-refractivity contribution in [1.82, 2.24) is 5.32 Å². The van der Waals surface area contributed by atoms with Gasteiger partial charge in [-0.15, -0.1) is 0 Å². The molecule has 0 bridgehead atoms. The maximum atomic E-state index is 3.78. The standard InChI is InChI=1S/C13H18BrN/c1-10(2)13-6-4-12(5-7-13)9-15-8-11(3)14/h4-7,10,15H,3,8-9H2,1-2H3. The maximum absolute atomic E-state index is 3.78. The summed E-state index contributed by atoms with van der Waals surface area (Å²) in [7, 11) is 0. The van der Waals surface area contributed by atoms with E-state index >= 15 is 0 Å². The smallest absolute Gasteiger partial charge is 0.0268 e. The van der Waals surface area contributed by atoms with Gasteiger partial charge in [-0.05, 0) is 17.0 Å². The molecular weight excluding hydrogens is 250 g/mol. The van der Waals surface area contributed by atoms with Crippen LogP contribution in [0.4, 0.5) is 0 Å². The fraction of sp³-hybridized carbons (Fsp3) is 0.385. The van der Waals surface area contributed by atoms with E-state index in [9.17, 15) is 0 Å². The van der Waals surface area contributed by atoms with Gasteiger partial charge >= 0.3 is 0 Å². The number of hydrogen-bond acceptors (Lipinski definition) is 1. The summed E-state index contributed by atoms with van der Waals surface area (Å²) in [5.41, 5.74) is 2.71. The van der Waals surface area contributed by atoms with Gasteiger partial charge in [0.1, 0.15) is 0 Å². The first-order valence-electron chi connectivity index (χ1n) is 5.22. The number of hydrogen-bond donors (Lipinski definition) is 1. The lowest BCUT2D eigenvalue weighted by Gasteiger charge is -2.07. The molecule has 0 aliphatic rings. The highest BCUT2D eigenvalue weighted by molar-refractivity contribution is 9.11. The fourth-order valence-corrected chi connectivity index (χ4v) is 1.56. The van der Waals surface area contributed by atoms with Crippen molar-refractivity contribution in [2.24, 2.45) is 0 Å². The van der Waals surface area contributed by atoms with Gasteiger partial charge in [-0.25, -0.2) is 0 Å². The average molecular weight is 268 g/mol. The van der Waals surface area contributed by atoms with Crippen molar-refractivity contribution in [2.75, 3.05) is 6.54 Å². The van der Waals surface area contributed by atoms with Crippen molar-refractivity contribution in [2.45, 2.75) is 26.3 Å². The van der Waals surface area contributed by atoms with Crippen LogP contribution in [0.5, 0.6) is 0 Å². The Labute approximate surface area is 101 Å². The summed E-state index contributed by atoms with van der Waals surface area (Å²) in [6.45, 7) is 9.90. The highest BCUT2D eigenvalue weighted by Gasteiger charge is 1.98. The SMILES string of the molecule is C=C(Br)CNCc1ccc(C(C)C)cc1. The molecule has 0 radical (unpaired) electrons. The van der Waals surface area contributed by atoms with Crippen LogP contribution >= 0.6 is 15.9 Å². The quantitative estimate of drug-likeness (QED) is 0.856. The summed E-state index contributed by atoms with van der Waals surface area (Å²) in [4.78, 5) is 0. The van der Waals surface area contributed by atoms with E-state index in [4.69, 9.17) is 0 Å². The second-order valence-corrected chi connectivity index (χ2v) is 5.14. The van der Waals surface area contributed by atoms with Gasteiger partial charge in [0.05, 0.1) is 0 Å². The second-order valence-electron chi connectivity index (χ2n) is 4.02. The van der Waals surface area contributed by atoms with E-state index in [0.717, 1.165) is 17.6 Å². The molecule has 1 aromatic rings. The number of halogens is 1. The third-order valence-electron chi connectivity index (χ3n) is 2.29. The van der Waals surface area contributed by atoms with Gasteiger partial charge in [0.15, 0.2) is 0 Å². The van der Waals surface area contributed by atoms with Crippen LogP contribution in [0.2, 0.25) is 0 Å². The van der Waals surface area contributed by atoms with E-state index in [1.807, 2.05) is 0 Å². The average Bonchev–Trinajstić information content (AvgIpc) is 2.18. The minimum atomic E-state index is 0.606. The highest BCUT2D eigenvalue weighted by atomic mass is 79.9. The van der Waals surface area contributed by atoms with Crippen LogP contribution in [0.25, 0.3) is 0 Å². The Morgan fingerprint density at radius 1 is 1.33 bits per heavy atom. The van der Waals surface area contributed by atoms with Crippen LogP contribution in [0.3, 0.4) is 0 Å². The van der Waals surface area contributed by atoms with Crippen molar-refractivity contribution in [3.05, 3.63) is 46.5 Å². The third kappa shape index (κ3) is 4.63. The molecule has 0 fully saturated rings. The van der Waals surface area contributed by atoms with Crippen molar-refractivity contribution in [1.29, 1.82) is 0 Å². The molecule has 0 amide bonds. The van der Waals surface area contributed by atoms with E-state index in [-0.39, 0.29) is 0 Å². The minimum absolute atomic E-state index is 0.606. The maximum Gasteiger partial charge on any atom is 0.0268 e. The Kier molecular flexibility index (Phi) is 5.06. The number of benzene rings is 1. The molecule has 1 aromatic carbocycles. The molecular formula is C13H18BrN. The predicted octanol–water partition coefficient (Wildman–Crippen LogP) is 3.81. The summed E-state index contributed by atoms with van der Waals surface area (Å²) in [5, 5.41) is 3.30. The summed E-state index contributed by atoms with van der Waals surface area (Å²) in [5.74, 6) is 0.606. The first kappa shape index (κ1) is 12.5. The summed E-state index contributed by atoms with van der Waals surface area (Å²) < 4.78 is 0.987. The van der Waals surface area contributed by atoms with Gasteiger partial charge in [0.2, 0.25) is 0 Å². The van der Waals surface area contributed by atoms with Crippen LogP contribution in [-0.4, -0.2) is 6.54 Å². The molecule has 0 aromatic heterocycles. The third-order valence-corrected chi connectivity index (χ3v) is 2.57. The highest BCUT2D eigenvalue weighted by Crippen LogP contribution is 2.14. The molecule has 0 saturated heterocycles. The number of rotatable bonds is 5. The van der Waals surface area contributed by atoms with E-state index in [1.165, 1.54) is 11.1 Å². The van der Waals surface area contributed by atoms with E-state index in [0.29, 0.717) is 5.92 Å². The van der Waals surface area contributed by atoms with Gasteiger partial charge in [-0.1, -0.05) is 60.6 Å². The molecule has 15 heavy (non-hydrogen) atoms. The topological polar surface area (TPSA) is 12.0 Å². The number of nitrogens with one attached hydrogen (secondary N) is 1. The van der Waals surface area contributed by atoms with Crippen LogP contribution in [-0.2, 0) is 6.54 Å². The van der Waals surface area contributed by atoms with Crippen molar-refractivity contribution >= 4 is 15.9 Å². The fourth-order valence-electron chi connectivity index (χ4n) is 1.36. The Morgan fingerprint density at radius 3 is 2.40 bits per heavy atom. The van der Waals surface area contributed by atoms with Crippen molar-refractivity contribution < 1.29 is 0 Å². The molecule has 0 saturated carbocycles. The monoisotopic (exact) mass is 267 g/mol. The normalized spacial score (nSPS) is 10.7. The first-order chi connectivity index (χ1) is 7.09. The van der Waals surface area contributed by atoms with Gasteiger partial charge in [0, 0.05) is 17.6 Å². The Morgan fingerprint density at radius 2 is 1.93 bits per heavy atom. The molecule has 2 heteroatoms. The van der Waals surface area contributed by atoms with Gasteiger partial charge in [-0.2, -0.15) is 0 Å². The zero-order chi connectivity index (χ0) is 11.3. The minimum Gasteiger partial charge on any atom is -0.308 e. The lowest BCUT2D eigenvalue weighted by Crippen LogP contribution is -2.14. The molecule has 1 nitrogen and oxygen atoms in total. The van der Waals surface area contributed by atoms with Crippen molar-refractivity contribution in [3.8, 4) is 0 Å². The molecule has 0 aliphatic heterocycles.